The average molecular weight is 1280 g/mol. The zero-order chi connectivity index (χ0) is 66.5. The van der Waals surface area contributed by atoms with Crippen molar-refractivity contribution in [3.05, 3.63) is 47.6 Å². The lowest BCUT2D eigenvalue weighted by atomic mass is 9.78. The van der Waals surface area contributed by atoms with Gasteiger partial charge in [0.2, 0.25) is 11.6 Å². The number of amides is 1. The zero-order valence-electron chi connectivity index (χ0n) is 53.5. The number of cyclic esters (lactones) is 1. The molecule has 1 saturated carbocycles. The van der Waals surface area contributed by atoms with E-state index in [0.717, 1.165) is 10.5 Å². The molecular weight excluding hydrogens is 1180 g/mol. The number of nitrogens with zero attached hydrogens (tertiary/aromatic N) is 1. The van der Waals surface area contributed by atoms with Crippen molar-refractivity contribution < 1.29 is 122 Å². The fraction of sp³-hybridized carbons (Fsp3) is 0.781. The fourth-order valence-corrected chi connectivity index (χ4v) is 13.1. The first-order valence-corrected chi connectivity index (χ1v) is 31.5. The number of carbonyl (C=O) groups excluding carboxylic acids is 6. The van der Waals surface area contributed by atoms with E-state index in [1.54, 1.807) is 47.8 Å². The van der Waals surface area contributed by atoms with E-state index in [1.165, 1.54) is 14.2 Å². The van der Waals surface area contributed by atoms with Gasteiger partial charge in [-0.2, -0.15) is 0 Å². The number of methoxy groups -OCH3 is 3. The summed E-state index contributed by atoms with van der Waals surface area (Å²) in [6.45, 7) is 9.67. The number of piperidine rings is 1. The van der Waals surface area contributed by atoms with Gasteiger partial charge >= 0.3 is 12.1 Å². The van der Waals surface area contributed by atoms with Crippen LogP contribution in [-0.2, 0) is 71.3 Å². The lowest BCUT2D eigenvalue weighted by Gasteiger charge is -2.47. The molecule has 26 nitrogen and oxygen atoms in total. The number of carbonyl (C=O) groups is 6. The molecule has 9 N–H and O–H groups in total. The summed E-state index contributed by atoms with van der Waals surface area (Å²) < 4.78 is 57.0. The van der Waals surface area contributed by atoms with Gasteiger partial charge in [0.05, 0.1) is 31.5 Å². The number of hydrogen-bond donors (Lipinski definition) is 9. The highest BCUT2D eigenvalue weighted by atomic mass is 16.8. The lowest BCUT2D eigenvalue weighted by Crippen LogP contribution is -2.67. The molecule has 1 amide bonds. The minimum Gasteiger partial charge on any atom is -0.460 e. The van der Waals surface area contributed by atoms with E-state index in [9.17, 15) is 74.7 Å². The van der Waals surface area contributed by atoms with Crippen molar-refractivity contribution >= 4 is 35.4 Å². The van der Waals surface area contributed by atoms with Crippen LogP contribution in [0.3, 0.4) is 0 Å². The third-order valence-electron chi connectivity index (χ3n) is 18.9. The van der Waals surface area contributed by atoms with Crippen molar-refractivity contribution in [2.75, 3.05) is 47.7 Å². The van der Waals surface area contributed by atoms with Gasteiger partial charge in [-0.15, -0.1) is 0 Å². The summed E-state index contributed by atoms with van der Waals surface area (Å²) in [4.78, 5) is 86.4. The summed E-state index contributed by atoms with van der Waals surface area (Å²) in [5, 5.41) is 97.3. The molecule has 90 heavy (non-hydrogen) atoms. The third kappa shape index (κ3) is 18.5. The van der Waals surface area contributed by atoms with Crippen LogP contribution in [0.25, 0.3) is 0 Å². The van der Waals surface area contributed by atoms with E-state index in [1.807, 2.05) is 44.2 Å². The molecular formula is C64H99NO25. The predicted octanol–water partition coefficient (Wildman–Crippen LogP) is 1.97. The topological polar surface area (TPSA) is 380 Å². The number of Topliss-reactive ketones (excluding diaryl/α,β-unsaturated/α-hetero) is 3. The summed E-state index contributed by atoms with van der Waals surface area (Å²) >= 11 is 0. The molecule has 0 aromatic heterocycles. The Kier molecular flexibility index (Phi) is 27.8. The minimum atomic E-state index is -2.71. The summed E-state index contributed by atoms with van der Waals surface area (Å²) in [5.41, 5.74) is 1.13. The maximum atomic E-state index is 14.7. The lowest BCUT2D eigenvalue weighted by molar-refractivity contribution is -0.387. The van der Waals surface area contributed by atoms with Crippen molar-refractivity contribution in [3.63, 3.8) is 0 Å². The normalized spacial score (nSPS) is 42.7. The second-order valence-electron chi connectivity index (χ2n) is 25.7. The van der Waals surface area contributed by atoms with E-state index in [2.05, 4.69) is 0 Å². The van der Waals surface area contributed by atoms with Gasteiger partial charge in [-0.3, -0.25) is 19.2 Å². The highest BCUT2D eigenvalue weighted by Crippen LogP contribution is 2.39. The van der Waals surface area contributed by atoms with E-state index in [-0.39, 0.29) is 56.3 Å². The summed E-state index contributed by atoms with van der Waals surface area (Å²) in [6, 6.07) is -1.28. The van der Waals surface area contributed by atoms with Gasteiger partial charge in [-0.1, -0.05) is 71.1 Å². The van der Waals surface area contributed by atoms with Gasteiger partial charge < -0.3 is 98.2 Å². The fourth-order valence-electron chi connectivity index (χ4n) is 13.1. The largest absolute Gasteiger partial charge is 0.508 e. The van der Waals surface area contributed by atoms with Crippen LogP contribution in [0.15, 0.2) is 47.6 Å². The molecule has 1 aliphatic carbocycles. The molecule has 0 aromatic carbocycles. The molecule has 24 atom stereocenters. The second kappa shape index (κ2) is 33.6. The molecule has 510 valence electrons. The maximum absolute atomic E-state index is 14.7. The summed E-state index contributed by atoms with van der Waals surface area (Å²) in [5.74, 6) is -12.2. The first-order valence-electron chi connectivity index (χ1n) is 31.5. The first kappa shape index (κ1) is 74.6. The molecule has 5 fully saturated rings. The maximum Gasteiger partial charge on any atom is 0.508 e. The smallest absolute Gasteiger partial charge is 0.460 e. The Bertz CT molecular complexity index is 2540. The molecule has 5 heterocycles. The molecule has 0 radical (unpaired) electrons. The Morgan fingerprint density at radius 2 is 1.52 bits per heavy atom. The van der Waals surface area contributed by atoms with Crippen LogP contribution in [0.5, 0.6) is 0 Å². The Balaban J connectivity index is 1.21. The molecule has 6 aliphatic rings. The van der Waals surface area contributed by atoms with Crippen molar-refractivity contribution in [1.29, 1.82) is 0 Å². The second-order valence-corrected chi connectivity index (χ2v) is 25.7. The molecule has 0 aromatic rings. The summed E-state index contributed by atoms with van der Waals surface area (Å²) in [6.07, 6.45) is -8.16. The van der Waals surface area contributed by atoms with Gasteiger partial charge in [0.15, 0.2) is 18.7 Å². The number of ketones is 3. The van der Waals surface area contributed by atoms with E-state index < -0.39 is 182 Å². The Hall–Kier alpha value is -4.46. The highest BCUT2D eigenvalue weighted by Gasteiger charge is 2.56. The van der Waals surface area contributed by atoms with E-state index in [0.29, 0.717) is 50.5 Å². The molecule has 2 bridgehead atoms. The van der Waals surface area contributed by atoms with Crippen LogP contribution >= 0.6 is 0 Å². The number of rotatable bonds is 12. The minimum absolute atomic E-state index is 0.0123. The number of ether oxygens (including phenoxy) is 10. The van der Waals surface area contributed by atoms with Gasteiger partial charge in [-0.05, 0) is 107 Å². The monoisotopic (exact) mass is 1280 g/mol. The Labute approximate surface area is 526 Å². The number of aliphatic hydroxyl groups excluding tert-OH is 7. The van der Waals surface area contributed by atoms with Crippen molar-refractivity contribution in [1.82, 2.24) is 4.90 Å². The van der Waals surface area contributed by atoms with Gasteiger partial charge in [0.25, 0.3) is 11.7 Å². The molecule has 4 saturated heterocycles. The highest BCUT2D eigenvalue weighted by molar-refractivity contribution is 6.39. The summed E-state index contributed by atoms with van der Waals surface area (Å²) in [7, 11) is 4.28. The average Bonchev–Trinajstić information content (AvgIpc) is 0.836. The number of aliphatic hydroxyl groups is 9. The van der Waals surface area contributed by atoms with Crippen molar-refractivity contribution in [2.24, 2.45) is 35.5 Å². The molecule has 5 aliphatic heterocycles. The van der Waals surface area contributed by atoms with E-state index >= 15 is 0 Å². The number of fused-ring (bicyclic) bond motifs is 3. The third-order valence-corrected chi connectivity index (χ3v) is 18.9. The van der Waals surface area contributed by atoms with Crippen LogP contribution in [0.2, 0.25) is 0 Å². The van der Waals surface area contributed by atoms with Crippen molar-refractivity contribution in [2.45, 2.75) is 235 Å². The van der Waals surface area contributed by atoms with Gasteiger partial charge in [0.1, 0.15) is 79.0 Å². The van der Waals surface area contributed by atoms with Gasteiger partial charge in [0, 0.05) is 58.5 Å². The SMILES string of the molecule is CO[C@H]1C[C@@H]2CC[C@@H](C)[C@@](O)(O2)C(=O)C(=O)N2CCCCC2C(=O)O[C@H]([C@H](C)CC2CC[C@@H](OC(=O)OC[C@]3(O)OC[C@@H](O)[C@@H](O)[C@@H]3O[C@H]3O[C@H](CO)[C@@H](O)[C@H](O)[C@H]3O)[C@H](OC)C2)CC(=O)[C@H](C)/C=C(\C)[C@@H](O)[C@@H](OC)C(=O)[C@H](C)C[C@H](C)/C=C/C=C/C=C/1C. The molecule has 26 heteroatoms. The molecule has 0 spiro atoms. The van der Waals surface area contributed by atoms with Crippen LogP contribution < -0.4 is 0 Å². The van der Waals surface area contributed by atoms with Crippen molar-refractivity contribution in [3.8, 4) is 0 Å². The number of hydrogen-bond acceptors (Lipinski definition) is 25. The van der Waals surface area contributed by atoms with E-state index in [4.69, 9.17) is 47.4 Å². The molecule has 2 unspecified atom stereocenters. The standard InChI is InChI=1S/C64H99NO25/c1-33-16-12-11-13-17-34(2)46(81-8)28-41-21-19-39(7)64(80,90-41)57(75)59(76)65-23-15-14-18-42(65)60(77)86-47(29-43(67)35(3)25-38(6)51(70)56(83-10)50(69)37(5)24-33)36(4)26-40-20-22-45(48(27-40)82-9)88-62(78)84-32-63(79)58(52(71)44(68)31-85-63)89-61-55(74)54(73)53(72)49(30-66)87-61/h11-13,16-17,25,33,35-37,39-42,44-49,51-56,58,61,66,68,70-74,79-80H,14-15,18-24,26-32H2,1-10H3/b13-11+,16-12+,34-17+,38-25+/t33-,35-,36-,37-,39-,40?,41+,42?,44-,45-,46+,47+,48-,49-,51-,52-,53-,54+,55-,56+,58+,61-,63+,64-/m1/s1. The first-order chi connectivity index (χ1) is 42.5. The van der Waals surface area contributed by atoms with Crippen LogP contribution in [0, 0.1) is 35.5 Å². The van der Waals surface area contributed by atoms with Crippen LogP contribution in [-0.4, -0.2) is 243 Å². The number of allylic oxidation sites excluding steroid dienone is 6. The van der Waals surface area contributed by atoms with Crippen LogP contribution in [0.4, 0.5) is 4.79 Å². The van der Waals surface area contributed by atoms with Crippen LogP contribution in [0.1, 0.15) is 126 Å². The predicted molar refractivity (Wildman–Crippen MR) is 317 cm³/mol. The molecule has 6 rings (SSSR count). The quantitative estimate of drug-likeness (QED) is 0.0766. The zero-order valence-corrected chi connectivity index (χ0v) is 53.5. The number of esters is 1. The Morgan fingerprint density at radius 3 is 2.20 bits per heavy atom. The Morgan fingerprint density at radius 1 is 0.800 bits per heavy atom. The van der Waals surface area contributed by atoms with Gasteiger partial charge in [-0.25, -0.2) is 9.59 Å².